The Hall–Kier alpha value is -1.46. The summed E-state index contributed by atoms with van der Waals surface area (Å²) in [7, 11) is 0. The van der Waals surface area contributed by atoms with Crippen molar-refractivity contribution in [3.05, 3.63) is 63.6 Å². The standard InChI is InChI=1S/C15H11BrF2O2/c16-9-2-3-10-13(19)7-14(20-15(10)6-9)8-1-4-11(17)12(18)5-8/h1-6,13-14,19H,7H2. The van der Waals surface area contributed by atoms with E-state index in [-0.39, 0.29) is 0 Å². The molecule has 20 heavy (non-hydrogen) atoms. The summed E-state index contributed by atoms with van der Waals surface area (Å²) in [5.74, 6) is -1.26. The molecular formula is C15H11BrF2O2. The van der Waals surface area contributed by atoms with Crippen LogP contribution in [0.3, 0.4) is 0 Å². The summed E-state index contributed by atoms with van der Waals surface area (Å²) in [5, 5.41) is 10.1. The molecule has 0 radical (unpaired) electrons. The van der Waals surface area contributed by atoms with Gasteiger partial charge >= 0.3 is 0 Å². The molecule has 1 aliphatic rings. The van der Waals surface area contributed by atoms with Crippen LogP contribution in [0, 0.1) is 11.6 Å². The third-order valence-corrected chi connectivity index (χ3v) is 3.85. The Labute approximate surface area is 123 Å². The predicted molar refractivity (Wildman–Crippen MR) is 73.4 cm³/mol. The Bertz CT molecular complexity index is 660. The van der Waals surface area contributed by atoms with Gasteiger partial charge in [-0.05, 0) is 29.8 Å². The van der Waals surface area contributed by atoms with E-state index < -0.39 is 23.8 Å². The molecule has 1 aliphatic heterocycles. The van der Waals surface area contributed by atoms with Gasteiger partial charge < -0.3 is 9.84 Å². The second-order valence-corrected chi connectivity index (χ2v) is 5.63. The average Bonchev–Trinajstić information content (AvgIpc) is 2.41. The third-order valence-electron chi connectivity index (χ3n) is 3.36. The van der Waals surface area contributed by atoms with Crippen LogP contribution in [0.5, 0.6) is 5.75 Å². The summed E-state index contributed by atoms with van der Waals surface area (Å²) in [5.41, 5.74) is 1.21. The van der Waals surface area contributed by atoms with Crippen molar-refractivity contribution in [1.29, 1.82) is 0 Å². The van der Waals surface area contributed by atoms with Crippen molar-refractivity contribution in [1.82, 2.24) is 0 Å². The lowest BCUT2D eigenvalue weighted by molar-refractivity contribution is 0.0655. The fraction of sp³-hybridized carbons (Fsp3) is 0.200. The zero-order valence-corrected chi connectivity index (χ0v) is 11.9. The molecule has 0 bridgehead atoms. The van der Waals surface area contributed by atoms with Gasteiger partial charge in [0.1, 0.15) is 11.9 Å². The fourth-order valence-corrected chi connectivity index (χ4v) is 2.67. The van der Waals surface area contributed by atoms with Gasteiger partial charge in [-0.1, -0.05) is 28.1 Å². The summed E-state index contributed by atoms with van der Waals surface area (Å²) in [6.45, 7) is 0. The molecule has 0 fully saturated rings. The summed E-state index contributed by atoms with van der Waals surface area (Å²) < 4.78 is 32.9. The minimum absolute atomic E-state index is 0.305. The highest BCUT2D eigenvalue weighted by Crippen LogP contribution is 2.41. The molecule has 0 saturated carbocycles. The molecule has 2 unspecified atom stereocenters. The monoisotopic (exact) mass is 340 g/mol. The molecule has 104 valence electrons. The van der Waals surface area contributed by atoms with E-state index in [0.29, 0.717) is 23.3 Å². The molecule has 5 heteroatoms. The van der Waals surface area contributed by atoms with E-state index in [0.717, 1.165) is 16.6 Å². The van der Waals surface area contributed by atoms with Gasteiger partial charge in [0, 0.05) is 16.5 Å². The number of halogens is 3. The summed E-state index contributed by atoms with van der Waals surface area (Å²) in [6, 6.07) is 9.00. The Morgan fingerprint density at radius 2 is 1.90 bits per heavy atom. The Balaban J connectivity index is 1.96. The van der Waals surface area contributed by atoms with Gasteiger partial charge in [-0.25, -0.2) is 8.78 Å². The topological polar surface area (TPSA) is 29.5 Å². The van der Waals surface area contributed by atoms with Gasteiger partial charge in [0.05, 0.1) is 6.10 Å². The van der Waals surface area contributed by atoms with Crippen LogP contribution in [0.25, 0.3) is 0 Å². The van der Waals surface area contributed by atoms with E-state index in [1.807, 2.05) is 6.07 Å². The quantitative estimate of drug-likeness (QED) is 0.839. The average molecular weight is 341 g/mol. The summed E-state index contributed by atoms with van der Waals surface area (Å²) >= 11 is 3.34. The largest absolute Gasteiger partial charge is 0.485 e. The van der Waals surface area contributed by atoms with Gasteiger partial charge in [-0.3, -0.25) is 0 Å². The van der Waals surface area contributed by atoms with Crippen molar-refractivity contribution in [3.8, 4) is 5.75 Å². The van der Waals surface area contributed by atoms with Crippen LogP contribution in [0.2, 0.25) is 0 Å². The van der Waals surface area contributed by atoms with E-state index in [1.165, 1.54) is 6.07 Å². The molecule has 2 atom stereocenters. The van der Waals surface area contributed by atoms with Crippen molar-refractivity contribution in [2.24, 2.45) is 0 Å². The maximum Gasteiger partial charge on any atom is 0.159 e. The molecule has 0 spiro atoms. The second-order valence-electron chi connectivity index (χ2n) is 4.71. The number of rotatable bonds is 1. The van der Waals surface area contributed by atoms with Crippen molar-refractivity contribution < 1.29 is 18.6 Å². The molecule has 1 heterocycles. The van der Waals surface area contributed by atoms with Gasteiger partial charge in [0.25, 0.3) is 0 Å². The molecule has 0 saturated heterocycles. The van der Waals surface area contributed by atoms with Gasteiger partial charge in [-0.2, -0.15) is 0 Å². The molecule has 2 nitrogen and oxygen atoms in total. The lowest BCUT2D eigenvalue weighted by Gasteiger charge is -2.30. The molecule has 2 aromatic carbocycles. The molecule has 0 aromatic heterocycles. The lowest BCUT2D eigenvalue weighted by atomic mass is 9.95. The van der Waals surface area contributed by atoms with E-state index in [2.05, 4.69) is 15.9 Å². The first kappa shape index (κ1) is 13.5. The fourth-order valence-electron chi connectivity index (χ4n) is 2.33. The van der Waals surface area contributed by atoms with E-state index in [4.69, 9.17) is 4.74 Å². The first-order chi connectivity index (χ1) is 9.54. The highest BCUT2D eigenvalue weighted by molar-refractivity contribution is 9.10. The van der Waals surface area contributed by atoms with Crippen molar-refractivity contribution in [2.45, 2.75) is 18.6 Å². The maximum absolute atomic E-state index is 13.3. The van der Waals surface area contributed by atoms with Crippen LogP contribution in [0.4, 0.5) is 8.78 Å². The van der Waals surface area contributed by atoms with Crippen molar-refractivity contribution >= 4 is 15.9 Å². The zero-order valence-electron chi connectivity index (χ0n) is 10.3. The Kier molecular flexibility index (Phi) is 3.48. The van der Waals surface area contributed by atoms with Crippen LogP contribution < -0.4 is 4.74 Å². The lowest BCUT2D eigenvalue weighted by Crippen LogP contribution is -2.19. The summed E-state index contributed by atoms with van der Waals surface area (Å²) in [6.07, 6.45) is -0.883. The Morgan fingerprint density at radius 3 is 2.65 bits per heavy atom. The molecular weight excluding hydrogens is 330 g/mol. The minimum Gasteiger partial charge on any atom is -0.485 e. The zero-order chi connectivity index (χ0) is 14.3. The van der Waals surface area contributed by atoms with Gasteiger partial charge in [0.2, 0.25) is 0 Å². The van der Waals surface area contributed by atoms with Crippen LogP contribution in [-0.4, -0.2) is 5.11 Å². The second kappa shape index (κ2) is 5.14. The van der Waals surface area contributed by atoms with E-state index in [1.54, 1.807) is 12.1 Å². The van der Waals surface area contributed by atoms with Gasteiger partial charge in [-0.15, -0.1) is 0 Å². The predicted octanol–water partition coefficient (Wildman–Crippen LogP) is 4.28. The third kappa shape index (κ3) is 2.43. The highest BCUT2D eigenvalue weighted by atomic mass is 79.9. The normalized spacial score (nSPS) is 21.2. The van der Waals surface area contributed by atoms with Crippen LogP contribution >= 0.6 is 15.9 Å². The number of aliphatic hydroxyl groups is 1. The van der Waals surface area contributed by atoms with Crippen LogP contribution in [-0.2, 0) is 0 Å². The summed E-state index contributed by atoms with van der Waals surface area (Å²) in [4.78, 5) is 0. The molecule has 0 aliphatic carbocycles. The molecule has 1 N–H and O–H groups in total. The van der Waals surface area contributed by atoms with E-state index >= 15 is 0 Å². The number of aliphatic hydroxyl groups excluding tert-OH is 1. The van der Waals surface area contributed by atoms with Crippen molar-refractivity contribution in [3.63, 3.8) is 0 Å². The number of hydrogen-bond acceptors (Lipinski definition) is 2. The number of benzene rings is 2. The number of hydrogen-bond donors (Lipinski definition) is 1. The Morgan fingerprint density at radius 1 is 1.10 bits per heavy atom. The highest BCUT2D eigenvalue weighted by Gasteiger charge is 2.28. The number of ether oxygens (including phenoxy) is 1. The van der Waals surface area contributed by atoms with Crippen molar-refractivity contribution in [2.75, 3.05) is 0 Å². The first-order valence-electron chi connectivity index (χ1n) is 6.13. The van der Waals surface area contributed by atoms with Crippen LogP contribution in [0.1, 0.15) is 29.8 Å². The van der Waals surface area contributed by atoms with Gasteiger partial charge in [0.15, 0.2) is 11.6 Å². The first-order valence-corrected chi connectivity index (χ1v) is 6.93. The number of fused-ring (bicyclic) bond motifs is 1. The SMILES string of the molecule is OC1CC(c2ccc(F)c(F)c2)Oc2cc(Br)ccc21. The van der Waals surface area contributed by atoms with E-state index in [9.17, 15) is 13.9 Å². The van der Waals surface area contributed by atoms with Crippen LogP contribution in [0.15, 0.2) is 40.9 Å². The minimum atomic E-state index is -0.916. The smallest absolute Gasteiger partial charge is 0.159 e. The molecule has 0 amide bonds. The maximum atomic E-state index is 13.3. The molecule has 2 aromatic rings. The molecule has 3 rings (SSSR count).